The minimum absolute atomic E-state index is 0.260. The van der Waals surface area contributed by atoms with Gasteiger partial charge >= 0.3 is 6.09 Å². The lowest BCUT2D eigenvalue weighted by Gasteiger charge is -2.17. The van der Waals surface area contributed by atoms with E-state index in [0.29, 0.717) is 19.7 Å². The summed E-state index contributed by atoms with van der Waals surface area (Å²) >= 11 is 9.73. The van der Waals surface area contributed by atoms with Crippen LogP contribution in [0, 0.1) is 0 Å². The molecule has 1 aliphatic rings. The number of ether oxygens (including phenoxy) is 1. The largest absolute Gasteiger partial charge is 0.445 e. The van der Waals surface area contributed by atoms with Gasteiger partial charge in [-0.1, -0.05) is 63.9 Å². The van der Waals surface area contributed by atoms with Crippen molar-refractivity contribution in [2.45, 2.75) is 18.9 Å². The van der Waals surface area contributed by atoms with Crippen molar-refractivity contribution in [3.05, 3.63) is 69.2 Å². The number of carbonyl (C=O) groups excluding carboxylic acids is 1. The smallest absolute Gasteiger partial charge is 0.410 e. The Kier molecular flexibility index (Phi) is 5.23. The molecule has 3 nitrogen and oxygen atoms in total. The molecule has 1 saturated heterocycles. The summed E-state index contributed by atoms with van der Waals surface area (Å²) in [5.41, 5.74) is 2.08. The van der Waals surface area contributed by atoms with E-state index in [1.54, 1.807) is 4.90 Å². The van der Waals surface area contributed by atoms with Gasteiger partial charge in [-0.2, -0.15) is 0 Å². The third-order valence-corrected chi connectivity index (χ3v) is 4.87. The number of benzene rings is 2. The van der Waals surface area contributed by atoms with E-state index in [1.807, 2.05) is 48.5 Å². The van der Waals surface area contributed by atoms with Crippen LogP contribution in [0.4, 0.5) is 4.79 Å². The van der Waals surface area contributed by atoms with Crippen molar-refractivity contribution in [2.75, 3.05) is 13.1 Å². The summed E-state index contributed by atoms with van der Waals surface area (Å²) in [6.07, 6.45) is 0.645. The molecule has 0 saturated carbocycles. The van der Waals surface area contributed by atoms with Crippen LogP contribution in [0.15, 0.2) is 53.0 Å². The summed E-state index contributed by atoms with van der Waals surface area (Å²) in [6.45, 7) is 1.65. The second-order valence-electron chi connectivity index (χ2n) is 5.64. The number of amides is 1. The Labute approximate surface area is 149 Å². The van der Waals surface area contributed by atoms with Gasteiger partial charge in [0.25, 0.3) is 0 Å². The highest BCUT2D eigenvalue weighted by Gasteiger charge is 2.29. The van der Waals surface area contributed by atoms with E-state index in [2.05, 4.69) is 15.9 Å². The molecule has 1 amide bonds. The average Bonchev–Trinajstić information content (AvgIpc) is 3.03. The highest BCUT2D eigenvalue weighted by Crippen LogP contribution is 2.33. The molecule has 2 aromatic carbocycles. The molecule has 5 heteroatoms. The van der Waals surface area contributed by atoms with Crippen molar-refractivity contribution in [1.82, 2.24) is 4.90 Å². The maximum atomic E-state index is 12.2. The Morgan fingerprint density at radius 2 is 2.04 bits per heavy atom. The van der Waals surface area contributed by atoms with E-state index >= 15 is 0 Å². The minimum Gasteiger partial charge on any atom is -0.445 e. The van der Waals surface area contributed by atoms with Gasteiger partial charge in [-0.05, 0) is 29.7 Å². The van der Waals surface area contributed by atoms with Crippen LogP contribution in [0.2, 0.25) is 5.02 Å². The fraction of sp³-hybridized carbons (Fsp3) is 0.278. The fourth-order valence-electron chi connectivity index (χ4n) is 2.82. The molecule has 0 radical (unpaired) electrons. The lowest BCUT2D eigenvalue weighted by Crippen LogP contribution is -2.29. The highest BCUT2D eigenvalue weighted by atomic mass is 79.9. The van der Waals surface area contributed by atoms with Crippen molar-refractivity contribution in [1.29, 1.82) is 0 Å². The second-order valence-corrected chi connectivity index (χ2v) is 6.96. The van der Waals surface area contributed by atoms with Crippen LogP contribution >= 0.6 is 27.5 Å². The van der Waals surface area contributed by atoms with E-state index in [-0.39, 0.29) is 12.0 Å². The van der Waals surface area contributed by atoms with E-state index in [4.69, 9.17) is 16.3 Å². The number of hydrogen-bond acceptors (Lipinski definition) is 2. The van der Waals surface area contributed by atoms with Crippen LogP contribution in [0.5, 0.6) is 0 Å². The normalized spacial score (nSPS) is 17.3. The third kappa shape index (κ3) is 4.06. The van der Waals surface area contributed by atoms with Gasteiger partial charge in [0.2, 0.25) is 0 Å². The van der Waals surface area contributed by atoms with Gasteiger partial charge in [-0.25, -0.2) is 4.79 Å². The van der Waals surface area contributed by atoms with Gasteiger partial charge in [-0.15, -0.1) is 0 Å². The van der Waals surface area contributed by atoms with Crippen LogP contribution in [0.1, 0.15) is 23.5 Å². The van der Waals surface area contributed by atoms with Crippen molar-refractivity contribution in [2.24, 2.45) is 0 Å². The minimum atomic E-state index is -0.260. The molecule has 1 fully saturated rings. The molecular weight excluding hydrogens is 378 g/mol. The number of hydrogen-bond donors (Lipinski definition) is 0. The topological polar surface area (TPSA) is 29.5 Å². The van der Waals surface area contributed by atoms with Crippen LogP contribution in [0.3, 0.4) is 0 Å². The first kappa shape index (κ1) is 16.3. The van der Waals surface area contributed by atoms with Crippen LogP contribution in [-0.4, -0.2) is 24.1 Å². The van der Waals surface area contributed by atoms with Crippen LogP contribution in [-0.2, 0) is 11.3 Å². The first-order chi connectivity index (χ1) is 11.1. The molecule has 1 heterocycles. The van der Waals surface area contributed by atoms with E-state index in [9.17, 15) is 4.79 Å². The Bertz CT molecular complexity index is 693. The maximum Gasteiger partial charge on any atom is 0.410 e. The zero-order valence-electron chi connectivity index (χ0n) is 12.5. The van der Waals surface area contributed by atoms with E-state index < -0.39 is 0 Å². The number of nitrogens with zero attached hydrogens (tertiary/aromatic N) is 1. The molecule has 0 bridgehead atoms. The molecule has 3 rings (SSSR count). The number of likely N-dealkylation sites (tertiary alicyclic amines) is 1. The molecule has 1 atom stereocenters. The van der Waals surface area contributed by atoms with E-state index in [0.717, 1.165) is 27.0 Å². The number of carbonyl (C=O) groups is 1. The maximum absolute atomic E-state index is 12.2. The van der Waals surface area contributed by atoms with Crippen molar-refractivity contribution in [3.63, 3.8) is 0 Å². The summed E-state index contributed by atoms with van der Waals surface area (Å²) in [5.74, 6) is 0.264. The predicted molar refractivity (Wildman–Crippen MR) is 94.7 cm³/mol. The van der Waals surface area contributed by atoms with Gasteiger partial charge in [0.05, 0.1) is 0 Å². The van der Waals surface area contributed by atoms with Crippen LogP contribution < -0.4 is 0 Å². The molecule has 2 aromatic rings. The summed E-state index contributed by atoms with van der Waals surface area (Å²) in [5, 5.41) is 0.740. The van der Waals surface area contributed by atoms with Gasteiger partial charge in [-0.3, -0.25) is 0 Å². The van der Waals surface area contributed by atoms with Crippen LogP contribution in [0.25, 0.3) is 0 Å². The Morgan fingerprint density at radius 3 is 2.78 bits per heavy atom. The molecule has 23 heavy (non-hydrogen) atoms. The quantitative estimate of drug-likeness (QED) is 0.713. The van der Waals surface area contributed by atoms with Gasteiger partial charge in [0.1, 0.15) is 6.61 Å². The molecule has 120 valence electrons. The Hall–Kier alpha value is -1.52. The zero-order valence-corrected chi connectivity index (χ0v) is 14.9. The van der Waals surface area contributed by atoms with Gasteiger partial charge < -0.3 is 9.64 Å². The van der Waals surface area contributed by atoms with Crippen molar-refractivity contribution >= 4 is 33.6 Å². The second kappa shape index (κ2) is 7.37. The first-order valence-corrected chi connectivity index (χ1v) is 8.71. The SMILES string of the molecule is O=C(OCc1ccccc1)N1CCC(c2ccc(Br)cc2Cl)C1. The molecule has 0 aromatic heterocycles. The molecule has 0 N–H and O–H groups in total. The monoisotopic (exact) mass is 393 g/mol. The molecule has 0 aliphatic carbocycles. The number of halogens is 2. The van der Waals surface area contributed by atoms with Crippen molar-refractivity contribution < 1.29 is 9.53 Å². The first-order valence-electron chi connectivity index (χ1n) is 7.54. The highest BCUT2D eigenvalue weighted by molar-refractivity contribution is 9.10. The summed E-state index contributed by atoms with van der Waals surface area (Å²) in [7, 11) is 0. The third-order valence-electron chi connectivity index (χ3n) is 4.05. The average molecular weight is 395 g/mol. The summed E-state index contributed by atoms with van der Waals surface area (Å²) < 4.78 is 6.35. The fourth-order valence-corrected chi connectivity index (χ4v) is 3.65. The number of rotatable bonds is 3. The zero-order chi connectivity index (χ0) is 16.2. The standard InChI is InChI=1S/C18H17BrClNO2/c19-15-6-7-16(17(20)10-15)14-8-9-21(11-14)18(22)23-12-13-4-2-1-3-5-13/h1-7,10,14H,8-9,11-12H2. The van der Waals surface area contributed by atoms with Gasteiger partial charge in [0.15, 0.2) is 0 Å². The molecule has 1 aliphatic heterocycles. The predicted octanol–water partition coefficient (Wildman–Crippen LogP) is 5.23. The Balaban J connectivity index is 1.57. The lowest BCUT2D eigenvalue weighted by molar-refractivity contribution is 0.104. The van der Waals surface area contributed by atoms with Crippen molar-refractivity contribution in [3.8, 4) is 0 Å². The Morgan fingerprint density at radius 1 is 1.26 bits per heavy atom. The summed E-state index contributed by atoms with van der Waals surface area (Å²) in [6, 6.07) is 15.6. The summed E-state index contributed by atoms with van der Waals surface area (Å²) in [4.78, 5) is 14.0. The van der Waals surface area contributed by atoms with E-state index in [1.165, 1.54) is 0 Å². The lowest BCUT2D eigenvalue weighted by atomic mass is 9.98. The molecule has 1 unspecified atom stereocenters. The molecular formula is C18H17BrClNO2. The van der Waals surface area contributed by atoms with Gasteiger partial charge in [0, 0.05) is 28.5 Å². The molecule has 0 spiro atoms.